The first-order valence-corrected chi connectivity index (χ1v) is 9.08. The van der Waals surface area contributed by atoms with Gasteiger partial charge in [0.2, 0.25) is 0 Å². The maximum absolute atomic E-state index is 3.54. The van der Waals surface area contributed by atoms with Gasteiger partial charge in [-0.25, -0.2) is 0 Å². The van der Waals surface area contributed by atoms with Crippen molar-refractivity contribution in [2.45, 2.75) is 25.7 Å². The Morgan fingerprint density at radius 1 is 0.783 bits per heavy atom. The number of fused-ring (bicyclic) bond motifs is 3. The normalized spacial score (nSPS) is 14.3. The molecule has 3 aromatic carbocycles. The Balaban J connectivity index is 1.78. The van der Waals surface area contributed by atoms with E-state index in [-0.39, 0.29) is 0 Å². The number of aryl methyl sites for hydroxylation is 2. The molecule has 0 saturated carbocycles. The van der Waals surface area contributed by atoms with Crippen molar-refractivity contribution >= 4 is 38.9 Å². The first-order chi connectivity index (χ1) is 11.3. The van der Waals surface area contributed by atoms with Crippen LogP contribution in [0.25, 0.3) is 22.9 Å². The van der Waals surface area contributed by atoms with Crippen LogP contribution >= 0.6 is 15.9 Å². The van der Waals surface area contributed by atoms with Crippen LogP contribution in [0.2, 0.25) is 0 Å². The Hall–Kier alpha value is -1.86. The van der Waals surface area contributed by atoms with Gasteiger partial charge in [-0.3, -0.25) is 0 Å². The van der Waals surface area contributed by atoms with E-state index in [1.807, 2.05) is 0 Å². The molecule has 0 N–H and O–H groups in total. The molecule has 0 atom stereocenters. The molecule has 0 amide bonds. The fourth-order valence-electron chi connectivity index (χ4n) is 3.58. The minimum absolute atomic E-state index is 1.12. The monoisotopic (exact) mass is 362 g/mol. The van der Waals surface area contributed by atoms with Gasteiger partial charge in [0.05, 0.1) is 0 Å². The number of rotatable bonds is 2. The van der Waals surface area contributed by atoms with Crippen molar-refractivity contribution in [1.82, 2.24) is 0 Å². The lowest BCUT2D eigenvalue weighted by Gasteiger charge is -2.18. The van der Waals surface area contributed by atoms with E-state index in [9.17, 15) is 0 Å². The van der Waals surface area contributed by atoms with Crippen LogP contribution < -0.4 is 0 Å². The minimum Gasteiger partial charge on any atom is -0.0610 e. The minimum atomic E-state index is 1.12. The summed E-state index contributed by atoms with van der Waals surface area (Å²) in [7, 11) is 0. The third-order valence-electron chi connectivity index (χ3n) is 4.73. The van der Waals surface area contributed by atoms with Crippen LogP contribution in [-0.4, -0.2) is 0 Å². The molecule has 1 aliphatic rings. The molecule has 0 spiro atoms. The lowest BCUT2D eigenvalue weighted by Crippen LogP contribution is -2.03. The highest BCUT2D eigenvalue weighted by atomic mass is 79.9. The topological polar surface area (TPSA) is 0 Å². The van der Waals surface area contributed by atoms with Crippen LogP contribution in [0.15, 0.2) is 59.1 Å². The smallest absolute Gasteiger partial charge is 0.0181 e. The molecule has 0 saturated heterocycles. The molecular weight excluding hydrogens is 344 g/mol. The highest BCUT2D eigenvalue weighted by Gasteiger charge is 2.12. The summed E-state index contributed by atoms with van der Waals surface area (Å²) in [5.41, 5.74) is 5.65. The molecule has 23 heavy (non-hydrogen) atoms. The second kappa shape index (κ2) is 6.33. The van der Waals surface area contributed by atoms with Crippen molar-refractivity contribution in [3.05, 3.63) is 81.3 Å². The van der Waals surface area contributed by atoms with Crippen LogP contribution in [0.4, 0.5) is 0 Å². The summed E-state index contributed by atoms with van der Waals surface area (Å²) >= 11 is 3.54. The fraction of sp³-hybridized carbons (Fsp3) is 0.182. The molecule has 114 valence electrons. The summed E-state index contributed by atoms with van der Waals surface area (Å²) in [6, 6.07) is 19.7. The van der Waals surface area contributed by atoms with Gasteiger partial charge < -0.3 is 0 Å². The fourth-order valence-corrected chi connectivity index (χ4v) is 3.99. The molecular formula is C22H19Br. The van der Waals surface area contributed by atoms with Gasteiger partial charge in [-0.05, 0) is 70.8 Å². The second-order valence-corrected chi connectivity index (χ2v) is 7.16. The molecule has 0 heterocycles. The lowest BCUT2D eigenvalue weighted by molar-refractivity contribution is 0.690. The Morgan fingerprint density at radius 2 is 1.65 bits per heavy atom. The van der Waals surface area contributed by atoms with Crippen LogP contribution in [0.3, 0.4) is 0 Å². The van der Waals surface area contributed by atoms with Crippen molar-refractivity contribution < 1.29 is 0 Å². The number of hydrogen-bond donors (Lipinski definition) is 0. The van der Waals surface area contributed by atoms with Crippen LogP contribution in [0.5, 0.6) is 0 Å². The van der Waals surface area contributed by atoms with E-state index in [1.165, 1.54) is 47.6 Å². The van der Waals surface area contributed by atoms with Gasteiger partial charge in [0.1, 0.15) is 0 Å². The number of halogens is 1. The van der Waals surface area contributed by atoms with E-state index < -0.39 is 0 Å². The Labute approximate surface area is 146 Å². The quantitative estimate of drug-likeness (QED) is 0.447. The number of hydrogen-bond acceptors (Lipinski definition) is 0. The van der Waals surface area contributed by atoms with Gasteiger partial charge in [0.15, 0.2) is 0 Å². The summed E-state index contributed by atoms with van der Waals surface area (Å²) in [5, 5.41) is 2.82. The summed E-state index contributed by atoms with van der Waals surface area (Å²) in [6.45, 7) is 0. The van der Waals surface area contributed by atoms with E-state index in [2.05, 4.69) is 82.7 Å². The van der Waals surface area contributed by atoms with Gasteiger partial charge in [0, 0.05) is 4.47 Å². The molecule has 1 heteroatoms. The van der Waals surface area contributed by atoms with Crippen molar-refractivity contribution in [2.75, 3.05) is 0 Å². The Kier molecular flexibility index (Phi) is 4.05. The van der Waals surface area contributed by atoms with Crippen LogP contribution in [-0.2, 0) is 12.8 Å². The maximum Gasteiger partial charge on any atom is 0.0181 e. The van der Waals surface area contributed by atoms with Crippen LogP contribution in [0.1, 0.15) is 35.1 Å². The molecule has 1 aliphatic carbocycles. The van der Waals surface area contributed by atoms with Crippen LogP contribution in [0, 0.1) is 0 Å². The zero-order chi connectivity index (χ0) is 15.6. The van der Waals surface area contributed by atoms with E-state index in [4.69, 9.17) is 0 Å². The zero-order valence-corrected chi connectivity index (χ0v) is 14.6. The van der Waals surface area contributed by atoms with E-state index in [0.717, 1.165) is 4.47 Å². The van der Waals surface area contributed by atoms with E-state index in [0.29, 0.717) is 0 Å². The number of benzene rings is 3. The largest absolute Gasteiger partial charge is 0.0610 e. The summed E-state index contributed by atoms with van der Waals surface area (Å²) < 4.78 is 1.12. The van der Waals surface area contributed by atoms with Gasteiger partial charge in [-0.2, -0.15) is 0 Å². The molecule has 0 bridgehead atoms. The molecule has 0 aliphatic heterocycles. The molecule has 0 radical (unpaired) electrons. The SMILES string of the molecule is Brc1cccc(/C=C\c2cccc3c4c(ccc23)CCCC4)c1. The van der Waals surface area contributed by atoms with Gasteiger partial charge >= 0.3 is 0 Å². The van der Waals surface area contributed by atoms with E-state index >= 15 is 0 Å². The molecule has 4 rings (SSSR count). The maximum atomic E-state index is 3.54. The summed E-state index contributed by atoms with van der Waals surface area (Å²) in [4.78, 5) is 0. The summed E-state index contributed by atoms with van der Waals surface area (Å²) in [6.07, 6.45) is 9.55. The van der Waals surface area contributed by atoms with Gasteiger partial charge in [-0.1, -0.05) is 70.5 Å². The van der Waals surface area contributed by atoms with Crippen molar-refractivity contribution in [3.8, 4) is 0 Å². The summed E-state index contributed by atoms with van der Waals surface area (Å²) in [5.74, 6) is 0. The standard InChI is InChI=1S/C22H19Br/c23-19-8-3-5-16(15-19)11-12-18-7-4-10-22-20-9-2-1-6-17(20)13-14-21(18)22/h3-5,7-8,10-15H,1-2,6,9H2/b12-11-. The lowest BCUT2D eigenvalue weighted by atomic mass is 9.86. The van der Waals surface area contributed by atoms with E-state index in [1.54, 1.807) is 11.1 Å². The zero-order valence-electron chi connectivity index (χ0n) is 13.1. The molecule has 3 aromatic rings. The first kappa shape index (κ1) is 14.7. The average Bonchev–Trinajstić information content (AvgIpc) is 2.60. The van der Waals surface area contributed by atoms with Crippen molar-refractivity contribution in [2.24, 2.45) is 0 Å². The Morgan fingerprint density at radius 3 is 2.57 bits per heavy atom. The predicted molar refractivity (Wildman–Crippen MR) is 104 cm³/mol. The molecule has 0 nitrogen and oxygen atoms in total. The predicted octanol–water partition coefficient (Wildman–Crippen LogP) is 6.65. The van der Waals surface area contributed by atoms with Crippen molar-refractivity contribution in [1.29, 1.82) is 0 Å². The molecule has 0 fully saturated rings. The Bertz CT molecular complexity index is 890. The third-order valence-corrected chi connectivity index (χ3v) is 5.22. The molecule has 0 unspecified atom stereocenters. The highest BCUT2D eigenvalue weighted by Crippen LogP contribution is 2.31. The third kappa shape index (κ3) is 2.98. The second-order valence-electron chi connectivity index (χ2n) is 6.24. The highest BCUT2D eigenvalue weighted by molar-refractivity contribution is 9.10. The van der Waals surface area contributed by atoms with Gasteiger partial charge in [-0.15, -0.1) is 0 Å². The average molecular weight is 363 g/mol. The first-order valence-electron chi connectivity index (χ1n) is 8.28. The van der Waals surface area contributed by atoms with Crippen molar-refractivity contribution in [3.63, 3.8) is 0 Å². The molecule has 0 aromatic heterocycles. The van der Waals surface area contributed by atoms with Gasteiger partial charge in [0.25, 0.3) is 0 Å².